The van der Waals surface area contributed by atoms with E-state index >= 15 is 0 Å². The number of hydrogen-bond acceptors (Lipinski definition) is 2. The van der Waals surface area contributed by atoms with Crippen molar-refractivity contribution in [2.45, 2.75) is 64.0 Å². The molecule has 3 nitrogen and oxygen atoms in total. The van der Waals surface area contributed by atoms with E-state index in [4.69, 9.17) is 0 Å². The summed E-state index contributed by atoms with van der Waals surface area (Å²) >= 11 is 0. The zero-order valence-electron chi connectivity index (χ0n) is 14.2. The van der Waals surface area contributed by atoms with E-state index in [1.807, 2.05) is 11.5 Å². The van der Waals surface area contributed by atoms with Gasteiger partial charge in [0.1, 0.15) is 23.1 Å². The first-order valence-corrected chi connectivity index (χ1v) is 8.65. The molecule has 130 valence electrons. The zero-order valence-corrected chi connectivity index (χ0v) is 14.2. The van der Waals surface area contributed by atoms with Crippen LogP contribution in [0.1, 0.15) is 62.5 Å². The molecule has 1 N–H and O–H groups in total. The molecule has 2 heterocycles. The lowest BCUT2D eigenvalue weighted by Gasteiger charge is -2.26. The smallest absolute Gasteiger partial charge is 0.129 e. The lowest BCUT2D eigenvalue weighted by atomic mass is 9.92. The van der Waals surface area contributed by atoms with Crippen LogP contribution in [0.25, 0.3) is 0 Å². The second-order valence-corrected chi connectivity index (χ2v) is 6.92. The van der Waals surface area contributed by atoms with Crippen molar-refractivity contribution in [1.82, 2.24) is 9.55 Å². The number of aryl methyl sites for hydroxylation is 1. The average molecular weight is 334 g/mol. The summed E-state index contributed by atoms with van der Waals surface area (Å²) in [6, 6.07) is 4.02. The third kappa shape index (κ3) is 3.09. The minimum Gasteiger partial charge on any atom is -0.384 e. The highest BCUT2D eigenvalue weighted by molar-refractivity contribution is 5.25. The van der Waals surface area contributed by atoms with E-state index in [1.54, 1.807) is 13.1 Å². The van der Waals surface area contributed by atoms with E-state index in [9.17, 15) is 13.9 Å². The Morgan fingerprint density at radius 3 is 2.71 bits per heavy atom. The molecule has 2 atom stereocenters. The van der Waals surface area contributed by atoms with Crippen LogP contribution in [0.15, 0.2) is 24.4 Å². The fourth-order valence-corrected chi connectivity index (χ4v) is 3.82. The van der Waals surface area contributed by atoms with E-state index in [2.05, 4.69) is 4.98 Å². The monoisotopic (exact) mass is 334 g/mol. The molecule has 1 aromatic carbocycles. The molecule has 2 aromatic rings. The van der Waals surface area contributed by atoms with Crippen LogP contribution < -0.4 is 0 Å². The lowest BCUT2D eigenvalue weighted by Crippen LogP contribution is -2.26. The van der Waals surface area contributed by atoms with Crippen LogP contribution in [0.4, 0.5) is 8.78 Å². The summed E-state index contributed by atoms with van der Waals surface area (Å²) in [7, 11) is 0. The van der Waals surface area contributed by atoms with Gasteiger partial charge in [0, 0.05) is 24.4 Å². The summed E-state index contributed by atoms with van der Waals surface area (Å²) in [5, 5.41) is 10.8. The molecule has 0 saturated carbocycles. The van der Waals surface area contributed by atoms with Gasteiger partial charge in [-0.15, -0.1) is 0 Å². The minimum absolute atomic E-state index is 0.153. The number of hydrogen-bond donors (Lipinski definition) is 1. The number of rotatable bonds is 4. The number of imidazole rings is 1. The van der Waals surface area contributed by atoms with E-state index in [1.165, 1.54) is 18.2 Å². The number of aromatic nitrogens is 2. The number of halogens is 2. The fourth-order valence-electron chi connectivity index (χ4n) is 3.82. The summed E-state index contributed by atoms with van der Waals surface area (Å²) in [4.78, 5) is 4.45. The molecule has 0 radical (unpaired) electrons. The molecule has 0 amide bonds. The lowest BCUT2D eigenvalue weighted by molar-refractivity contribution is 0.0382. The molecule has 1 aromatic heterocycles. The highest BCUT2D eigenvalue weighted by Gasteiger charge is 2.31. The van der Waals surface area contributed by atoms with Gasteiger partial charge < -0.3 is 9.67 Å². The maximum Gasteiger partial charge on any atom is 0.129 e. The van der Waals surface area contributed by atoms with E-state index in [-0.39, 0.29) is 11.5 Å². The molecule has 3 rings (SSSR count). The van der Waals surface area contributed by atoms with E-state index in [0.29, 0.717) is 19.4 Å². The Labute approximate surface area is 141 Å². The van der Waals surface area contributed by atoms with Gasteiger partial charge in [0.2, 0.25) is 0 Å². The van der Waals surface area contributed by atoms with Crippen LogP contribution in [-0.4, -0.2) is 14.7 Å². The van der Waals surface area contributed by atoms with Crippen molar-refractivity contribution in [2.75, 3.05) is 0 Å². The van der Waals surface area contributed by atoms with Gasteiger partial charge in [-0.1, -0.05) is 19.4 Å². The highest BCUT2D eigenvalue weighted by atomic mass is 19.1. The Morgan fingerprint density at radius 2 is 2.04 bits per heavy atom. The van der Waals surface area contributed by atoms with Crippen LogP contribution in [0.3, 0.4) is 0 Å². The fraction of sp³-hybridized carbons (Fsp3) is 0.526. The summed E-state index contributed by atoms with van der Waals surface area (Å²) in [6.07, 6.45) is 5.47. The van der Waals surface area contributed by atoms with Crippen molar-refractivity contribution in [2.24, 2.45) is 0 Å². The molecule has 1 aliphatic rings. The molecule has 0 bridgehead atoms. The maximum absolute atomic E-state index is 14.2. The van der Waals surface area contributed by atoms with Gasteiger partial charge in [0.05, 0.1) is 11.9 Å². The van der Waals surface area contributed by atoms with Gasteiger partial charge in [-0.3, -0.25) is 0 Å². The average Bonchev–Trinajstić information content (AvgIpc) is 2.80. The van der Waals surface area contributed by atoms with Crippen LogP contribution in [0, 0.1) is 11.6 Å². The number of nitrogens with zero attached hydrogens (tertiary/aromatic N) is 2. The minimum atomic E-state index is -0.983. The van der Waals surface area contributed by atoms with Crippen molar-refractivity contribution in [3.8, 4) is 0 Å². The van der Waals surface area contributed by atoms with E-state index < -0.39 is 17.2 Å². The summed E-state index contributed by atoms with van der Waals surface area (Å²) in [5.74, 6) is -0.352. The van der Waals surface area contributed by atoms with E-state index in [0.717, 1.165) is 30.8 Å². The first kappa shape index (κ1) is 17.1. The number of aliphatic hydroxyl groups is 1. The topological polar surface area (TPSA) is 38.1 Å². The van der Waals surface area contributed by atoms with Gasteiger partial charge in [0.15, 0.2) is 0 Å². The Hall–Kier alpha value is -1.75. The summed E-state index contributed by atoms with van der Waals surface area (Å²) in [6.45, 7) is 4.25. The third-order valence-electron chi connectivity index (χ3n) is 4.99. The largest absolute Gasteiger partial charge is 0.384 e. The molecule has 1 aliphatic heterocycles. The molecular formula is C19H24F2N2O. The Morgan fingerprint density at radius 1 is 1.33 bits per heavy atom. The molecule has 5 heteroatoms. The predicted molar refractivity (Wildman–Crippen MR) is 88.7 cm³/mol. The molecule has 24 heavy (non-hydrogen) atoms. The Kier molecular flexibility index (Phi) is 4.72. The quantitative estimate of drug-likeness (QED) is 0.906. The molecule has 0 aliphatic carbocycles. The summed E-state index contributed by atoms with van der Waals surface area (Å²) < 4.78 is 30.4. The normalized spacial score (nSPS) is 20.3. The molecular weight excluding hydrogens is 310 g/mol. The van der Waals surface area contributed by atoms with Crippen LogP contribution >= 0.6 is 0 Å². The van der Waals surface area contributed by atoms with Crippen LogP contribution in [0.2, 0.25) is 0 Å². The van der Waals surface area contributed by atoms with Crippen LogP contribution in [-0.2, 0) is 18.6 Å². The molecule has 0 saturated heterocycles. The zero-order chi connectivity index (χ0) is 17.3. The molecule has 2 unspecified atom stereocenters. The highest BCUT2D eigenvalue weighted by Crippen LogP contribution is 2.35. The van der Waals surface area contributed by atoms with Crippen molar-refractivity contribution >= 4 is 0 Å². The van der Waals surface area contributed by atoms with Crippen molar-refractivity contribution in [1.29, 1.82) is 0 Å². The number of fused-ring (bicyclic) bond motifs is 1. The van der Waals surface area contributed by atoms with Crippen molar-refractivity contribution in [3.63, 3.8) is 0 Å². The number of benzene rings is 1. The Balaban J connectivity index is 2.00. The third-order valence-corrected chi connectivity index (χ3v) is 4.99. The Bertz CT molecular complexity index is 704. The first-order valence-electron chi connectivity index (χ1n) is 8.65. The first-order chi connectivity index (χ1) is 11.4. The standard InChI is InChI=1S/C19H24F2N2O/c1-3-10-19(2,24)16-11-22-17-9-4-6-13(12-23(16)17)18-14(20)7-5-8-15(18)21/h5,7-8,11,13,24H,3-4,6,9-10,12H2,1-2H3. The van der Waals surface area contributed by atoms with Crippen LogP contribution in [0.5, 0.6) is 0 Å². The van der Waals surface area contributed by atoms with Gasteiger partial charge in [-0.2, -0.15) is 0 Å². The summed E-state index contributed by atoms with van der Waals surface area (Å²) in [5.41, 5.74) is -0.0917. The molecule has 0 spiro atoms. The SMILES string of the molecule is CCCC(C)(O)c1cnc2n1CC(c1c(F)cccc1F)CCC2. The van der Waals surface area contributed by atoms with Gasteiger partial charge >= 0.3 is 0 Å². The van der Waals surface area contributed by atoms with Crippen molar-refractivity contribution < 1.29 is 13.9 Å². The van der Waals surface area contributed by atoms with Gasteiger partial charge in [0.25, 0.3) is 0 Å². The van der Waals surface area contributed by atoms with Gasteiger partial charge in [-0.25, -0.2) is 13.8 Å². The second kappa shape index (κ2) is 6.63. The predicted octanol–water partition coefficient (Wildman–Crippen LogP) is 4.29. The maximum atomic E-state index is 14.2. The second-order valence-electron chi connectivity index (χ2n) is 6.92. The molecule has 0 fully saturated rings. The van der Waals surface area contributed by atoms with Gasteiger partial charge in [-0.05, 0) is 38.3 Å². The van der Waals surface area contributed by atoms with Crippen molar-refractivity contribution in [3.05, 3.63) is 53.1 Å².